The van der Waals surface area contributed by atoms with Gasteiger partial charge in [-0.2, -0.15) is 4.98 Å². The number of carboxylic acids is 1. The first-order chi connectivity index (χ1) is 23.4. The number of nitrogens with zero attached hydrogens (tertiary/aromatic N) is 2. The number of aromatic nitrogens is 2. The van der Waals surface area contributed by atoms with Crippen LogP contribution in [0.25, 0.3) is 34.0 Å². The summed E-state index contributed by atoms with van der Waals surface area (Å²) in [4.78, 5) is 41.6. The molecule has 49 heavy (non-hydrogen) atoms. The fourth-order valence-electron chi connectivity index (χ4n) is 5.32. The van der Waals surface area contributed by atoms with Gasteiger partial charge in [-0.25, -0.2) is 14.0 Å². The summed E-state index contributed by atoms with van der Waals surface area (Å²) in [5.74, 6) is -1.70. The van der Waals surface area contributed by atoms with E-state index in [4.69, 9.17) is 9.26 Å². The van der Waals surface area contributed by atoms with Crippen molar-refractivity contribution in [3.05, 3.63) is 114 Å². The molecule has 6 rings (SSSR count). The summed E-state index contributed by atoms with van der Waals surface area (Å²) < 4.78 is 25.9. The third kappa shape index (κ3) is 8.36. The van der Waals surface area contributed by atoms with Crippen LogP contribution in [0.3, 0.4) is 0 Å². The molecule has 3 N–H and O–H groups in total. The van der Waals surface area contributed by atoms with E-state index < -0.39 is 35.4 Å². The molecule has 0 bridgehead atoms. The van der Waals surface area contributed by atoms with Crippen LogP contribution in [0.5, 0.6) is 0 Å². The molecule has 4 aromatic carbocycles. The highest BCUT2D eigenvalue weighted by Crippen LogP contribution is 2.40. The third-order valence-electron chi connectivity index (χ3n) is 7.94. The van der Waals surface area contributed by atoms with Gasteiger partial charge in [-0.15, -0.1) is 0 Å². The van der Waals surface area contributed by atoms with Gasteiger partial charge in [0.2, 0.25) is 5.82 Å². The number of carbonyl (C=O) groups excluding carboxylic acids is 2. The molecule has 1 fully saturated rings. The zero-order valence-corrected chi connectivity index (χ0v) is 27.2. The average molecular weight is 663 g/mol. The van der Waals surface area contributed by atoms with Gasteiger partial charge in [-0.1, -0.05) is 47.6 Å². The van der Waals surface area contributed by atoms with Gasteiger partial charge in [-0.05, 0) is 110 Å². The molecule has 0 spiro atoms. The number of hydrogen-bond acceptors (Lipinski definition) is 7. The Labute approximate surface area is 282 Å². The van der Waals surface area contributed by atoms with E-state index in [1.807, 2.05) is 18.2 Å². The lowest BCUT2D eigenvalue weighted by Gasteiger charge is -2.19. The Morgan fingerprint density at radius 1 is 0.939 bits per heavy atom. The van der Waals surface area contributed by atoms with Crippen LogP contribution in [0.2, 0.25) is 0 Å². The molecule has 5 aromatic rings. The number of ether oxygens (including phenoxy) is 1. The van der Waals surface area contributed by atoms with Crippen LogP contribution in [0, 0.1) is 5.82 Å². The van der Waals surface area contributed by atoms with Crippen molar-refractivity contribution < 1.29 is 33.1 Å². The van der Waals surface area contributed by atoms with Crippen LogP contribution >= 0.6 is 0 Å². The highest BCUT2D eigenvalue weighted by molar-refractivity contribution is 5.97. The molecule has 10 nitrogen and oxygen atoms in total. The second-order valence-electron chi connectivity index (χ2n) is 13.0. The number of amides is 2. The molecule has 1 unspecified atom stereocenters. The van der Waals surface area contributed by atoms with Gasteiger partial charge in [0.15, 0.2) is 0 Å². The lowest BCUT2D eigenvalue weighted by molar-refractivity contribution is -0.139. The molecule has 1 aromatic heterocycles. The monoisotopic (exact) mass is 662 g/mol. The van der Waals surface area contributed by atoms with Crippen molar-refractivity contribution >= 4 is 23.7 Å². The van der Waals surface area contributed by atoms with Crippen LogP contribution in [-0.4, -0.2) is 44.9 Å². The number of benzene rings is 4. The van der Waals surface area contributed by atoms with E-state index in [1.165, 1.54) is 30.5 Å². The van der Waals surface area contributed by atoms with E-state index >= 15 is 4.39 Å². The van der Waals surface area contributed by atoms with Gasteiger partial charge in [0.25, 0.3) is 11.8 Å². The molecule has 1 heterocycles. The predicted molar refractivity (Wildman–Crippen MR) is 181 cm³/mol. The van der Waals surface area contributed by atoms with Crippen molar-refractivity contribution in [3.63, 3.8) is 0 Å². The normalized spacial score (nSPS) is 13.4. The molecule has 1 aliphatic carbocycles. The first-order valence-corrected chi connectivity index (χ1v) is 15.9. The number of anilines is 1. The Bertz CT molecular complexity index is 2000. The van der Waals surface area contributed by atoms with Crippen LogP contribution in [0.1, 0.15) is 61.0 Å². The second-order valence-corrected chi connectivity index (χ2v) is 13.0. The number of aliphatic carboxylic acids is 1. The van der Waals surface area contributed by atoms with Gasteiger partial charge in [0.05, 0.1) is 5.56 Å². The van der Waals surface area contributed by atoms with E-state index in [2.05, 4.69) is 32.9 Å². The van der Waals surface area contributed by atoms with E-state index in [0.29, 0.717) is 28.3 Å². The van der Waals surface area contributed by atoms with Crippen molar-refractivity contribution in [2.45, 2.75) is 57.6 Å². The molecular weight excluding hydrogens is 627 g/mol. The van der Waals surface area contributed by atoms with E-state index in [0.717, 1.165) is 11.1 Å². The van der Waals surface area contributed by atoms with Crippen LogP contribution < -0.4 is 10.6 Å². The van der Waals surface area contributed by atoms with Gasteiger partial charge in [0, 0.05) is 23.2 Å². The Morgan fingerprint density at radius 2 is 1.65 bits per heavy atom. The van der Waals surface area contributed by atoms with Gasteiger partial charge >= 0.3 is 12.1 Å². The first-order valence-electron chi connectivity index (χ1n) is 15.9. The maximum Gasteiger partial charge on any atom is 0.412 e. The molecule has 0 aliphatic heterocycles. The fourth-order valence-corrected chi connectivity index (χ4v) is 5.32. The smallest absolute Gasteiger partial charge is 0.412 e. The molecule has 1 atom stereocenters. The maximum absolute atomic E-state index is 15.3. The average Bonchev–Trinajstić information content (AvgIpc) is 3.80. The van der Waals surface area contributed by atoms with E-state index in [9.17, 15) is 19.5 Å². The number of nitrogens with one attached hydrogen (secondary N) is 2. The minimum absolute atomic E-state index is 0.000143. The van der Waals surface area contributed by atoms with Crippen molar-refractivity contribution in [1.29, 1.82) is 0 Å². The molecule has 2 amide bonds. The minimum Gasteiger partial charge on any atom is -0.480 e. The molecule has 11 heteroatoms. The SMILES string of the molecule is CC(C)(C)OC(=O)Nc1ccc(-c2nc(-c3ccc(CC(NC(=O)c4cccc(-c5ccc(C6CC6)cc5)c4)C(=O)O)cc3F)no2)cc1. The number of halogens is 1. The predicted octanol–water partition coefficient (Wildman–Crippen LogP) is 7.86. The summed E-state index contributed by atoms with van der Waals surface area (Å²) >= 11 is 0. The summed E-state index contributed by atoms with van der Waals surface area (Å²) in [6.45, 7) is 5.30. The molecule has 0 radical (unpaired) electrons. The van der Waals surface area contributed by atoms with Crippen molar-refractivity contribution in [3.8, 4) is 34.0 Å². The third-order valence-corrected chi connectivity index (χ3v) is 7.94. The van der Waals surface area contributed by atoms with Gasteiger partial charge < -0.3 is 19.7 Å². The van der Waals surface area contributed by atoms with Crippen molar-refractivity contribution in [2.75, 3.05) is 5.32 Å². The Kier molecular flexibility index (Phi) is 9.26. The minimum atomic E-state index is -1.30. The Hall–Kier alpha value is -5.84. The lowest BCUT2D eigenvalue weighted by Crippen LogP contribution is -2.42. The molecule has 0 saturated heterocycles. The highest BCUT2D eigenvalue weighted by atomic mass is 19.1. The summed E-state index contributed by atoms with van der Waals surface area (Å²) in [5.41, 5.74) is 4.25. The topological polar surface area (TPSA) is 144 Å². The highest BCUT2D eigenvalue weighted by Gasteiger charge is 2.24. The van der Waals surface area contributed by atoms with Crippen LogP contribution in [-0.2, 0) is 16.0 Å². The fraction of sp³-hybridized carbons (Fsp3) is 0.237. The Morgan fingerprint density at radius 3 is 2.31 bits per heavy atom. The number of hydrogen-bond donors (Lipinski definition) is 3. The number of carboxylic acid groups (broad SMARTS) is 1. The van der Waals surface area contributed by atoms with Crippen molar-refractivity contribution in [1.82, 2.24) is 15.5 Å². The summed E-state index contributed by atoms with van der Waals surface area (Å²) in [6.07, 6.45) is 1.69. The molecule has 1 saturated carbocycles. The first kappa shape index (κ1) is 33.1. The number of rotatable bonds is 10. The molecule has 1 aliphatic rings. The lowest BCUT2D eigenvalue weighted by atomic mass is 10.00. The zero-order valence-electron chi connectivity index (χ0n) is 27.2. The second kappa shape index (κ2) is 13.7. The quantitative estimate of drug-likeness (QED) is 0.137. The Balaban J connectivity index is 1.10. The standard InChI is InChI=1S/C38H35FN4O6/c1-38(2,3)48-37(47)40-29-16-14-26(15-17-29)35-42-33(43-49-35)30-18-7-22(19-31(30)39)20-32(36(45)46)41-34(44)28-6-4-5-27(21-28)25-12-10-24(11-13-25)23-8-9-23/h4-7,10-19,21,23,32H,8-9,20H2,1-3H3,(H,40,47)(H,41,44)(H,45,46). The van der Waals surface area contributed by atoms with Crippen LogP contribution in [0.4, 0.5) is 14.9 Å². The van der Waals surface area contributed by atoms with Gasteiger partial charge in [0.1, 0.15) is 17.5 Å². The van der Waals surface area contributed by atoms with E-state index in [1.54, 1.807) is 69.3 Å². The zero-order chi connectivity index (χ0) is 34.7. The maximum atomic E-state index is 15.3. The molecular formula is C38H35FN4O6. The summed E-state index contributed by atoms with van der Waals surface area (Å²) in [6, 6.07) is 24.8. The summed E-state index contributed by atoms with van der Waals surface area (Å²) in [7, 11) is 0. The van der Waals surface area contributed by atoms with E-state index in [-0.39, 0.29) is 23.7 Å². The number of carbonyl (C=O) groups is 3. The van der Waals surface area contributed by atoms with Crippen LogP contribution in [0.15, 0.2) is 95.5 Å². The largest absolute Gasteiger partial charge is 0.480 e. The van der Waals surface area contributed by atoms with Gasteiger partial charge in [-0.3, -0.25) is 10.1 Å². The summed E-state index contributed by atoms with van der Waals surface area (Å²) in [5, 5.41) is 19.0. The van der Waals surface area contributed by atoms with Crippen molar-refractivity contribution in [2.24, 2.45) is 0 Å². The molecule has 250 valence electrons.